The SMILES string of the molecule is CC(COC(=O)NNC(=O)c1ccccc1NC(=O)c1ccccc1Cl)c1ccccc1. The molecular formula is C24H22ClN3O4. The lowest BCUT2D eigenvalue weighted by atomic mass is 10.0. The molecule has 0 saturated carbocycles. The van der Waals surface area contributed by atoms with Crippen molar-refractivity contribution in [1.29, 1.82) is 0 Å². The molecule has 8 heteroatoms. The Morgan fingerprint density at radius 2 is 1.44 bits per heavy atom. The number of ether oxygens (including phenoxy) is 1. The van der Waals surface area contributed by atoms with Gasteiger partial charge in [-0.15, -0.1) is 0 Å². The molecule has 0 heterocycles. The van der Waals surface area contributed by atoms with Crippen LogP contribution in [0, 0.1) is 0 Å². The van der Waals surface area contributed by atoms with Gasteiger partial charge in [0.25, 0.3) is 11.8 Å². The summed E-state index contributed by atoms with van der Waals surface area (Å²) in [6.07, 6.45) is -0.793. The van der Waals surface area contributed by atoms with E-state index in [-0.39, 0.29) is 29.3 Å². The Hall–Kier alpha value is -3.84. The summed E-state index contributed by atoms with van der Waals surface area (Å²) in [7, 11) is 0. The van der Waals surface area contributed by atoms with Gasteiger partial charge in [-0.2, -0.15) is 0 Å². The highest BCUT2D eigenvalue weighted by molar-refractivity contribution is 6.34. The predicted octanol–water partition coefficient (Wildman–Crippen LogP) is 4.77. The smallest absolute Gasteiger partial charge is 0.426 e. The van der Waals surface area contributed by atoms with Crippen molar-refractivity contribution in [3.05, 3.63) is 101 Å². The zero-order chi connectivity index (χ0) is 22.9. The van der Waals surface area contributed by atoms with E-state index < -0.39 is 17.9 Å². The lowest BCUT2D eigenvalue weighted by molar-refractivity contribution is 0.0907. The number of rotatable bonds is 6. The van der Waals surface area contributed by atoms with Gasteiger partial charge < -0.3 is 10.1 Å². The van der Waals surface area contributed by atoms with Gasteiger partial charge >= 0.3 is 6.09 Å². The Bertz CT molecular complexity index is 1110. The van der Waals surface area contributed by atoms with Gasteiger partial charge in [0.15, 0.2) is 0 Å². The molecule has 1 unspecified atom stereocenters. The van der Waals surface area contributed by atoms with Gasteiger partial charge in [-0.25, -0.2) is 10.2 Å². The monoisotopic (exact) mass is 451 g/mol. The van der Waals surface area contributed by atoms with Crippen molar-refractivity contribution in [3.63, 3.8) is 0 Å². The topological polar surface area (TPSA) is 96.5 Å². The van der Waals surface area contributed by atoms with E-state index in [9.17, 15) is 14.4 Å². The maximum atomic E-state index is 12.6. The molecule has 0 spiro atoms. The standard InChI is InChI=1S/C24H22ClN3O4/c1-16(17-9-3-2-4-10-17)15-32-24(31)28-27-23(30)19-12-6-8-14-21(19)26-22(29)18-11-5-7-13-20(18)25/h2-14,16H,15H2,1H3,(H,26,29)(H,27,30)(H,28,31). The molecule has 0 radical (unpaired) electrons. The molecule has 1 atom stereocenters. The number of halogens is 1. The molecule has 0 bridgehead atoms. The van der Waals surface area contributed by atoms with Crippen LogP contribution in [-0.4, -0.2) is 24.5 Å². The Morgan fingerprint density at radius 3 is 2.16 bits per heavy atom. The molecule has 164 valence electrons. The fourth-order valence-electron chi connectivity index (χ4n) is 2.91. The van der Waals surface area contributed by atoms with Gasteiger partial charge in [-0.3, -0.25) is 15.0 Å². The first-order valence-electron chi connectivity index (χ1n) is 9.88. The van der Waals surface area contributed by atoms with E-state index in [1.807, 2.05) is 37.3 Å². The summed E-state index contributed by atoms with van der Waals surface area (Å²) in [6.45, 7) is 2.08. The van der Waals surface area contributed by atoms with Crippen molar-refractivity contribution in [2.75, 3.05) is 11.9 Å². The molecule has 3 N–H and O–H groups in total. The number of hydrogen-bond acceptors (Lipinski definition) is 4. The number of hydrazine groups is 1. The first kappa shape index (κ1) is 22.8. The number of carbonyl (C=O) groups excluding carboxylic acids is 3. The quantitative estimate of drug-likeness (QED) is 0.470. The van der Waals surface area contributed by atoms with Gasteiger partial charge in [-0.1, -0.05) is 73.1 Å². The molecule has 3 aromatic carbocycles. The van der Waals surface area contributed by atoms with E-state index in [4.69, 9.17) is 16.3 Å². The summed E-state index contributed by atoms with van der Waals surface area (Å²) < 4.78 is 5.16. The third kappa shape index (κ3) is 6.09. The minimum absolute atomic E-state index is 0.00148. The first-order valence-corrected chi connectivity index (χ1v) is 10.3. The number of anilines is 1. The van der Waals surface area contributed by atoms with Gasteiger partial charge in [0.2, 0.25) is 0 Å². The molecule has 32 heavy (non-hydrogen) atoms. The van der Waals surface area contributed by atoms with E-state index in [1.54, 1.807) is 42.5 Å². The van der Waals surface area contributed by atoms with Crippen LogP contribution in [0.25, 0.3) is 0 Å². The molecule has 3 rings (SSSR count). The van der Waals surface area contributed by atoms with Crippen LogP contribution < -0.4 is 16.2 Å². The van der Waals surface area contributed by atoms with Crippen LogP contribution in [0.4, 0.5) is 10.5 Å². The minimum atomic E-state index is -0.793. The first-order chi connectivity index (χ1) is 15.5. The molecule has 0 aliphatic rings. The lowest BCUT2D eigenvalue weighted by Crippen LogP contribution is -2.42. The normalized spacial score (nSPS) is 11.2. The largest absolute Gasteiger partial charge is 0.448 e. The van der Waals surface area contributed by atoms with Crippen molar-refractivity contribution in [3.8, 4) is 0 Å². The van der Waals surface area contributed by atoms with Gasteiger partial charge in [0.05, 0.1) is 28.4 Å². The molecule has 0 saturated heterocycles. The van der Waals surface area contributed by atoms with Crippen LogP contribution in [0.2, 0.25) is 5.02 Å². The Kier molecular flexibility index (Phi) is 7.83. The zero-order valence-electron chi connectivity index (χ0n) is 17.3. The predicted molar refractivity (Wildman–Crippen MR) is 123 cm³/mol. The second-order valence-electron chi connectivity index (χ2n) is 6.97. The van der Waals surface area contributed by atoms with E-state index in [0.717, 1.165) is 5.56 Å². The number of amides is 3. The third-order valence-corrected chi connectivity index (χ3v) is 4.98. The number of hydrogen-bond donors (Lipinski definition) is 3. The molecule has 0 aromatic heterocycles. The Balaban J connectivity index is 1.56. The highest BCUT2D eigenvalue weighted by Gasteiger charge is 2.16. The minimum Gasteiger partial charge on any atom is -0.448 e. The summed E-state index contributed by atoms with van der Waals surface area (Å²) in [5, 5.41) is 2.96. The second kappa shape index (κ2) is 11.0. The van der Waals surface area contributed by atoms with E-state index in [2.05, 4.69) is 16.2 Å². The van der Waals surface area contributed by atoms with Gasteiger partial charge in [0.1, 0.15) is 0 Å². The lowest BCUT2D eigenvalue weighted by Gasteiger charge is -2.14. The molecule has 0 aliphatic carbocycles. The van der Waals surface area contributed by atoms with Crippen LogP contribution in [0.5, 0.6) is 0 Å². The van der Waals surface area contributed by atoms with Crippen molar-refractivity contribution >= 4 is 35.2 Å². The summed E-state index contributed by atoms with van der Waals surface area (Å²) in [6, 6.07) is 22.6. The van der Waals surface area contributed by atoms with Crippen LogP contribution >= 0.6 is 11.6 Å². The second-order valence-corrected chi connectivity index (χ2v) is 7.38. The molecule has 7 nitrogen and oxygen atoms in total. The third-order valence-electron chi connectivity index (χ3n) is 4.65. The summed E-state index contributed by atoms with van der Waals surface area (Å²) in [5.41, 5.74) is 6.24. The van der Waals surface area contributed by atoms with E-state index >= 15 is 0 Å². The van der Waals surface area contributed by atoms with Gasteiger partial charge in [-0.05, 0) is 29.8 Å². The van der Waals surface area contributed by atoms with E-state index in [0.29, 0.717) is 5.02 Å². The van der Waals surface area contributed by atoms with Crippen LogP contribution in [-0.2, 0) is 4.74 Å². The molecule has 0 fully saturated rings. The van der Waals surface area contributed by atoms with Crippen LogP contribution in [0.3, 0.4) is 0 Å². The molecular weight excluding hydrogens is 430 g/mol. The highest BCUT2D eigenvalue weighted by atomic mass is 35.5. The van der Waals surface area contributed by atoms with E-state index in [1.165, 1.54) is 6.07 Å². The highest BCUT2D eigenvalue weighted by Crippen LogP contribution is 2.20. The average Bonchev–Trinajstić information content (AvgIpc) is 2.82. The number of nitrogens with one attached hydrogen (secondary N) is 3. The van der Waals surface area contributed by atoms with Crippen molar-refractivity contribution in [1.82, 2.24) is 10.9 Å². The number of benzene rings is 3. The zero-order valence-corrected chi connectivity index (χ0v) is 18.1. The maximum absolute atomic E-state index is 12.6. The molecule has 0 aliphatic heterocycles. The average molecular weight is 452 g/mol. The summed E-state index contributed by atoms with van der Waals surface area (Å²) in [5.74, 6) is -1.08. The van der Waals surface area contributed by atoms with Crippen molar-refractivity contribution in [2.45, 2.75) is 12.8 Å². The molecule has 3 amide bonds. The van der Waals surface area contributed by atoms with Gasteiger partial charge in [0, 0.05) is 5.92 Å². The Labute approximate surface area is 190 Å². The number of para-hydroxylation sites is 1. The summed E-state index contributed by atoms with van der Waals surface area (Å²) >= 11 is 6.06. The fraction of sp³-hybridized carbons (Fsp3) is 0.125. The van der Waals surface area contributed by atoms with Crippen molar-refractivity contribution in [2.24, 2.45) is 0 Å². The summed E-state index contributed by atoms with van der Waals surface area (Å²) in [4.78, 5) is 37.0. The Morgan fingerprint density at radius 1 is 0.812 bits per heavy atom. The fourth-order valence-corrected chi connectivity index (χ4v) is 3.14. The maximum Gasteiger partial charge on any atom is 0.426 e. The van der Waals surface area contributed by atoms with Crippen LogP contribution in [0.1, 0.15) is 39.1 Å². The van der Waals surface area contributed by atoms with Crippen molar-refractivity contribution < 1.29 is 19.1 Å². The van der Waals surface area contributed by atoms with Crippen LogP contribution in [0.15, 0.2) is 78.9 Å². The molecule has 3 aromatic rings. The number of carbonyl (C=O) groups is 3.